The van der Waals surface area contributed by atoms with Crippen LogP contribution >= 0.6 is 23.2 Å². The number of hydrogen-bond acceptors (Lipinski definition) is 5. The molecule has 3 atom stereocenters. The molecule has 0 spiro atoms. The fraction of sp³-hybridized carbons (Fsp3) is 0.280. The van der Waals surface area contributed by atoms with Gasteiger partial charge >= 0.3 is 5.97 Å². The summed E-state index contributed by atoms with van der Waals surface area (Å²) >= 11 is 12.0. The number of imide groups is 1. The SMILES string of the molecule is O=C(COC(=O)[C@H](Cc1ccccc1)N1C(=O)[C@@H]2CC=CC[C@H]2C1=O)Nc1cc(Cl)ccc1Cl. The van der Waals surface area contributed by atoms with Crippen molar-refractivity contribution < 1.29 is 23.9 Å². The molecule has 1 aliphatic heterocycles. The molecule has 0 saturated carbocycles. The summed E-state index contributed by atoms with van der Waals surface area (Å²) in [5.74, 6) is -3.18. The van der Waals surface area contributed by atoms with Gasteiger partial charge in [0.05, 0.1) is 22.5 Å². The lowest BCUT2D eigenvalue weighted by Crippen LogP contribution is -2.48. The lowest BCUT2D eigenvalue weighted by Gasteiger charge is -2.25. The number of carbonyl (C=O) groups excluding carboxylic acids is 4. The van der Waals surface area contributed by atoms with Crippen LogP contribution in [0.2, 0.25) is 10.0 Å². The number of carbonyl (C=O) groups is 4. The second-order valence-corrected chi connectivity index (χ2v) is 9.03. The van der Waals surface area contributed by atoms with Crippen LogP contribution in [0.25, 0.3) is 0 Å². The summed E-state index contributed by atoms with van der Waals surface area (Å²) in [6.45, 7) is -0.613. The van der Waals surface area contributed by atoms with Crippen molar-refractivity contribution in [2.24, 2.45) is 11.8 Å². The molecular formula is C25H22Cl2N2O5. The van der Waals surface area contributed by atoms with Crippen molar-refractivity contribution in [2.75, 3.05) is 11.9 Å². The number of fused-ring (bicyclic) bond motifs is 1. The molecule has 9 heteroatoms. The van der Waals surface area contributed by atoms with E-state index in [9.17, 15) is 19.2 Å². The highest BCUT2D eigenvalue weighted by molar-refractivity contribution is 6.35. The lowest BCUT2D eigenvalue weighted by atomic mass is 9.85. The van der Waals surface area contributed by atoms with Gasteiger partial charge in [0.15, 0.2) is 6.61 Å². The number of benzene rings is 2. The number of nitrogens with one attached hydrogen (secondary N) is 1. The molecule has 2 aromatic carbocycles. The van der Waals surface area contributed by atoms with Crippen molar-refractivity contribution in [3.8, 4) is 0 Å². The van der Waals surface area contributed by atoms with Crippen molar-refractivity contribution in [2.45, 2.75) is 25.3 Å². The summed E-state index contributed by atoms with van der Waals surface area (Å²) in [7, 11) is 0. The smallest absolute Gasteiger partial charge is 0.330 e. The number of amides is 3. The van der Waals surface area contributed by atoms with Crippen LogP contribution in [-0.2, 0) is 30.3 Å². The first-order valence-corrected chi connectivity index (χ1v) is 11.6. The molecule has 0 aromatic heterocycles. The molecule has 0 radical (unpaired) electrons. The third kappa shape index (κ3) is 5.16. The minimum atomic E-state index is -1.17. The Morgan fingerprint density at radius 3 is 2.29 bits per heavy atom. The van der Waals surface area contributed by atoms with E-state index >= 15 is 0 Å². The molecule has 1 heterocycles. The van der Waals surface area contributed by atoms with E-state index in [4.69, 9.17) is 27.9 Å². The van der Waals surface area contributed by atoms with Gasteiger partial charge in [-0.25, -0.2) is 4.79 Å². The fourth-order valence-electron chi connectivity index (χ4n) is 4.26. The molecule has 2 aliphatic rings. The number of hydrogen-bond donors (Lipinski definition) is 1. The Morgan fingerprint density at radius 2 is 1.65 bits per heavy atom. The van der Waals surface area contributed by atoms with Gasteiger partial charge < -0.3 is 10.1 Å². The predicted molar refractivity (Wildman–Crippen MR) is 127 cm³/mol. The van der Waals surface area contributed by atoms with Gasteiger partial charge in [-0.15, -0.1) is 0 Å². The summed E-state index contributed by atoms with van der Waals surface area (Å²) in [5, 5.41) is 3.18. The molecule has 1 fully saturated rings. The maximum atomic E-state index is 13.1. The van der Waals surface area contributed by atoms with Crippen LogP contribution in [0.5, 0.6) is 0 Å². The zero-order chi connectivity index (χ0) is 24.2. The van der Waals surface area contributed by atoms with Crippen LogP contribution < -0.4 is 5.32 Å². The third-order valence-corrected chi connectivity index (χ3v) is 6.51. The quantitative estimate of drug-likeness (QED) is 0.351. The van der Waals surface area contributed by atoms with Crippen LogP contribution in [0, 0.1) is 11.8 Å². The molecule has 4 rings (SSSR count). The Bertz CT molecular complexity index is 1130. The maximum absolute atomic E-state index is 13.1. The number of nitrogens with zero attached hydrogens (tertiary/aromatic N) is 1. The minimum Gasteiger partial charge on any atom is -0.454 e. The monoisotopic (exact) mass is 500 g/mol. The number of esters is 1. The highest BCUT2D eigenvalue weighted by Gasteiger charge is 2.51. The molecule has 176 valence electrons. The fourth-order valence-corrected chi connectivity index (χ4v) is 4.60. The van der Waals surface area contributed by atoms with Crippen molar-refractivity contribution in [1.82, 2.24) is 4.90 Å². The Morgan fingerprint density at radius 1 is 1.00 bits per heavy atom. The van der Waals surface area contributed by atoms with Gasteiger partial charge in [0.2, 0.25) is 11.8 Å². The molecule has 1 N–H and O–H groups in total. The van der Waals surface area contributed by atoms with E-state index in [2.05, 4.69) is 5.32 Å². The van der Waals surface area contributed by atoms with Crippen LogP contribution in [0.1, 0.15) is 18.4 Å². The molecule has 7 nitrogen and oxygen atoms in total. The van der Waals surface area contributed by atoms with E-state index in [1.807, 2.05) is 18.2 Å². The first-order chi connectivity index (χ1) is 16.3. The Kier molecular flexibility index (Phi) is 7.34. The van der Waals surface area contributed by atoms with E-state index in [0.717, 1.165) is 10.5 Å². The maximum Gasteiger partial charge on any atom is 0.330 e. The molecule has 34 heavy (non-hydrogen) atoms. The topological polar surface area (TPSA) is 92.8 Å². The number of ether oxygens (including phenoxy) is 1. The Labute approximate surface area is 206 Å². The molecular weight excluding hydrogens is 479 g/mol. The van der Waals surface area contributed by atoms with E-state index in [-0.39, 0.29) is 28.9 Å². The van der Waals surface area contributed by atoms with Gasteiger partial charge in [-0.2, -0.15) is 0 Å². The highest BCUT2D eigenvalue weighted by atomic mass is 35.5. The normalized spacial score (nSPS) is 20.1. The van der Waals surface area contributed by atoms with Gasteiger partial charge in [-0.1, -0.05) is 65.7 Å². The van der Waals surface area contributed by atoms with Crippen LogP contribution in [0.15, 0.2) is 60.7 Å². The molecule has 1 saturated heterocycles. The Hall–Kier alpha value is -3.16. The molecule has 1 aliphatic carbocycles. The van der Waals surface area contributed by atoms with Crippen molar-refractivity contribution >= 4 is 52.6 Å². The third-order valence-electron chi connectivity index (χ3n) is 5.95. The number of likely N-dealkylation sites (tertiary alicyclic amines) is 1. The average molecular weight is 501 g/mol. The molecule has 0 bridgehead atoms. The van der Waals surface area contributed by atoms with Crippen molar-refractivity contribution in [3.05, 3.63) is 76.3 Å². The van der Waals surface area contributed by atoms with Crippen molar-refractivity contribution in [1.29, 1.82) is 0 Å². The highest BCUT2D eigenvalue weighted by Crippen LogP contribution is 2.36. The molecule has 3 amide bonds. The lowest BCUT2D eigenvalue weighted by molar-refractivity contribution is -0.159. The number of anilines is 1. The van der Waals surface area contributed by atoms with Gasteiger partial charge in [0.1, 0.15) is 6.04 Å². The first kappa shape index (κ1) is 24.0. The van der Waals surface area contributed by atoms with E-state index in [1.165, 1.54) is 12.1 Å². The molecule has 2 aromatic rings. The summed E-state index contributed by atoms with van der Waals surface area (Å²) in [4.78, 5) is 52.7. The zero-order valence-corrected chi connectivity index (χ0v) is 19.6. The van der Waals surface area contributed by atoms with Crippen LogP contribution in [-0.4, -0.2) is 41.2 Å². The summed E-state index contributed by atoms with van der Waals surface area (Å²) in [6.07, 6.45) is 4.77. The predicted octanol–water partition coefficient (Wildman–Crippen LogP) is 4.04. The van der Waals surface area contributed by atoms with Gasteiger partial charge in [-0.3, -0.25) is 19.3 Å². The van der Waals surface area contributed by atoms with Crippen molar-refractivity contribution in [3.63, 3.8) is 0 Å². The van der Waals surface area contributed by atoms with Gasteiger partial charge in [0.25, 0.3) is 5.91 Å². The number of halogens is 2. The summed E-state index contributed by atoms with van der Waals surface area (Å²) < 4.78 is 5.25. The average Bonchev–Trinajstić information content (AvgIpc) is 3.09. The van der Waals surface area contributed by atoms with E-state index in [0.29, 0.717) is 17.9 Å². The first-order valence-electron chi connectivity index (χ1n) is 10.8. The standard InChI is InChI=1S/C25H22Cl2N2O5/c26-16-10-11-19(27)20(13-16)28-22(30)14-34-25(33)21(12-15-6-2-1-3-7-15)29-23(31)17-8-4-5-9-18(17)24(29)32/h1-7,10-11,13,17-18,21H,8-9,12,14H2,(H,28,30)/t17-,18-,21+/m1/s1. The van der Waals surface area contributed by atoms with Crippen LogP contribution in [0.4, 0.5) is 5.69 Å². The summed E-state index contributed by atoms with van der Waals surface area (Å²) in [5.41, 5.74) is 1.03. The number of rotatable bonds is 7. The van der Waals surface area contributed by atoms with Gasteiger partial charge in [0, 0.05) is 11.4 Å². The van der Waals surface area contributed by atoms with E-state index in [1.54, 1.807) is 30.3 Å². The van der Waals surface area contributed by atoms with E-state index < -0.39 is 36.4 Å². The van der Waals surface area contributed by atoms with Crippen LogP contribution in [0.3, 0.4) is 0 Å². The zero-order valence-electron chi connectivity index (χ0n) is 18.1. The summed E-state index contributed by atoms with van der Waals surface area (Å²) in [6, 6.07) is 12.4. The molecule has 0 unspecified atom stereocenters. The second kappa shape index (κ2) is 10.4. The second-order valence-electron chi connectivity index (χ2n) is 8.19. The largest absolute Gasteiger partial charge is 0.454 e. The Balaban J connectivity index is 1.49. The number of allylic oxidation sites excluding steroid dienone is 2. The van der Waals surface area contributed by atoms with Gasteiger partial charge in [-0.05, 0) is 36.6 Å². The minimum absolute atomic E-state index is 0.0890.